The average Bonchev–Trinajstić information content (AvgIpc) is 2.86. The van der Waals surface area contributed by atoms with E-state index in [1.54, 1.807) is 0 Å². The van der Waals surface area contributed by atoms with Gasteiger partial charge in [0, 0.05) is 12.2 Å². The maximum atomic E-state index is 12.0. The summed E-state index contributed by atoms with van der Waals surface area (Å²) in [6.45, 7) is 0.582. The summed E-state index contributed by atoms with van der Waals surface area (Å²) in [4.78, 5) is 26.9. The van der Waals surface area contributed by atoms with Gasteiger partial charge in [0.1, 0.15) is 5.69 Å². The van der Waals surface area contributed by atoms with E-state index in [0.717, 1.165) is 19.3 Å². The van der Waals surface area contributed by atoms with Crippen LogP contribution in [0.3, 0.4) is 0 Å². The summed E-state index contributed by atoms with van der Waals surface area (Å²) >= 11 is 0. The van der Waals surface area contributed by atoms with Crippen LogP contribution in [-0.2, 0) is 0 Å². The molecule has 2 rings (SSSR count). The molecular weight excluding hydrogens is 244 g/mol. The van der Waals surface area contributed by atoms with Crippen molar-refractivity contribution >= 4 is 11.8 Å². The summed E-state index contributed by atoms with van der Waals surface area (Å²) in [5, 5.41) is 2.95. The zero-order valence-corrected chi connectivity index (χ0v) is 10.6. The van der Waals surface area contributed by atoms with Crippen molar-refractivity contribution < 1.29 is 9.59 Å². The number of carbonyl (C=O) groups excluding carboxylic acids is 2. The maximum Gasteiger partial charge on any atom is 0.270 e. The average molecular weight is 262 g/mol. The molecule has 0 spiro atoms. The molecule has 19 heavy (non-hydrogen) atoms. The Hall–Kier alpha value is -1.95. The van der Waals surface area contributed by atoms with Gasteiger partial charge >= 0.3 is 0 Å². The van der Waals surface area contributed by atoms with Gasteiger partial charge in [0.05, 0.1) is 5.56 Å². The number of amides is 2. The van der Waals surface area contributed by atoms with Gasteiger partial charge in [0.15, 0.2) is 0 Å². The number of rotatable bonds is 4. The Morgan fingerprint density at radius 1 is 1.37 bits per heavy atom. The van der Waals surface area contributed by atoms with Gasteiger partial charge in [-0.3, -0.25) is 14.6 Å². The van der Waals surface area contributed by atoms with E-state index in [4.69, 9.17) is 11.5 Å². The molecular formula is C13H18N4O2. The number of nitrogens with one attached hydrogen (secondary N) is 1. The number of hydrogen-bond donors (Lipinski definition) is 3. The lowest BCUT2D eigenvalue weighted by atomic mass is 10.0. The molecule has 0 aromatic carbocycles. The van der Waals surface area contributed by atoms with Crippen LogP contribution in [0, 0.1) is 5.92 Å². The molecule has 1 aromatic rings. The van der Waals surface area contributed by atoms with Crippen LogP contribution in [0.25, 0.3) is 0 Å². The predicted molar refractivity (Wildman–Crippen MR) is 70.4 cm³/mol. The Morgan fingerprint density at radius 2 is 2.16 bits per heavy atom. The number of hydrogen-bond acceptors (Lipinski definition) is 4. The summed E-state index contributed by atoms with van der Waals surface area (Å²) in [5.74, 6) is -0.450. The van der Waals surface area contributed by atoms with Crippen molar-refractivity contribution in [2.45, 2.75) is 25.3 Å². The molecule has 2 amide bonds. The summed E-state index contributed by atoms with van der Waals surface area (Å²) in [6, 6.07) is 3.12. The molecule has 2 atom stereocenters. The molecule has 1 fully saturated rings. The third-order valence-corrected chi connectivity index (χ3v) is 3.56. The maximum absolute atomic E-state index is 12.0. The molecule has 2 unspecified atom stereocenters. The first-order chi connectivity index (χ1) is 9.11. The molecule has 0 aliphatic heterocycles. The lowest BCUT2D eigenvalue weighted by molar-refractivity contribution is 0.0921. The number of nitrogens with zero attached hydrogens (tertiary/aromatic N) is 1. The third-order valence-electron chi connectivity index (χ3n) is 3.56. The van der Waals surface area contributed by atoms with Gasteiger partial charge in [0.2, 0.25) is 5.91 Å². The second-order valence-electron chi connectivity index (χ2n) is 4.80. The molecule has 5 N–H and O–H groups in total. The van der Waals surface area contributed by atoms with Crippen LogP contribution in [-0.4, -0.2) is 29.4 Å². The van der Waals surface area contributed by atoms with E-state index in [2.05, 4.69) is 10.3 Å². The monoisotopic (exact) mass is 262 g/mol. The van der Waals surface area contributed by atoms with Gasteiger partial charge in [-0.25, -0.2) is 0 Å². The minimum atomic E-state index is -0.557. The van der Waals surface area contributed by atoms with Crippen molar-refractivity contribution in [2.24, 2.45) is 17.4 Å². The normalized spacial score (nSPS) is 22.2. The quantitative estimate of drug-likeness (QED) is 0.711. The fourth-order valence-corrected chi connectivity index (χ4v) is 2.43. The highest BCUT2D eigenvalue weighted by Crippen LogP contribution is 2.24. The predicted octanol–water partition coefficient (Wildman–Crippen LogP) is 0.0377. The Balaban J connectivity index is 2.01. The van der Waals surface area contributed by atoms with Crippen LogP contribution >= 0.6 is 0 Å². The van der Waals surface area contributed by atoms with E-state index < -0.39 is 5.91 Å². The van der Waals surface area contributed by atoms with Gasteiger partial charge in [-0.2, -0.15) is 0 Å². The van der Waals surface area contributed by atoms with Crippen molar-refractivity contribution in [3.8, 4) is 0 Å². The Labute approximate surface area is 111 Å². The third kappa shape index (κ3) is 3.08. The van der Waals surface area contributed by atoms with Crippen molar-refractivity contribution in [2.75, 3.05) is 6.54 Å². The highest BCUT2D eigenvalue weighted by Gasteiger charge is 2.27. The van der Waals surface area contributed by atoms with Crippen LogP contribution in [0.4, 0.5) is 0 Å². The minimum absolute atomic E-state index is 0.120. The summed E-state index contributed by atoms with van der Waals surface area (Å²) in [7, 11) is 0. The topological polar surface area (TPSA) is 111 Å². The first kappa shape index (κ1) is 13.5. The number of carbonyl (C=O) groups is 2. The van der Waals surface area contributed by atoms with E-state index in [1.807, 2.05) is 0 Å². The van der Waals surface area contributed by atoms with Crippen molar-refractivity contribution in [3.05, 3.63) is 29.6 Å². The highest BCUT2D eigenvalue weighted by molar-refractivity contribution is 5.95. The molecule has 1 aliphatic rings. The van der Waals surface area contributed by atoms with E-state index in [0.29, 0.717) is 12.5 Å². The zero-order chi connectivity index (χ0) is 13.8. The van der Waals surface area contributed by atoms with Crippen molar-refractivity contribution in [3.63, 3.8) is 0 Å². The first-order valence-electron chi connectivity index (χ1n) is 6.38. The second kappa shape index (κ2) is 5.79. The smallest absolute Gasteiger partial charge is 0.270 e. The van der Waals surface area contributed by atoms with E-state index >= 15 is 0 Å². The van der Waals surface area contributed by atoms with Gasteiger partial charge < -0.3 is 16.8 Å². The Kier molecular flexibility index (Phi) is 4.11. The van der Waals surface area contributed by atoms with Crippen molar-refractivity contribution in [1.82, 2.24) is 10.3 Å². The molecule has 0 saturated heterocycles. The lowest BCUT2D eigenvalue weighted by Crippen LogP contribution is -2.40. The molecule has 1 aliphatic carbocycles. The molecule has 1 saturated carbocycles. The van der Waals surface area contributed by atoms with Gasteiger partial charge in [-0.1, -0.05) is 6.42 Å². The van der Waals surface area contributed by atoms with Crippen LogP contribution in [0.15, 0.2) is 18.3 Å². The van der Waals surface area contributed by atoms with Gasteiger partial charge in [0.25, 0.3) is 5.91 Å². The van der Waals surface area contributed by atoms with E-state index in [1.165, 1.54) is 18.3 Å². The van der Waals surface area contributed by atoms with Crippen molar-refractivity contribution in [1.29, 1.82) is 0 Å². The minimum Gasteiger partial charge on any atom is -0.366 e. The second-order valence-corrected chi connectivity index (χ2v) is 4.80. The van der Waals surface area contributed by atoms with Gasteiger partial charge in [-0.05, 0) is 37.4 Å². The number of primary amides is 1. The zero-order valence-electron chi connectivity index (χ0n) is 10.6. The molecule has 6 heteroatoms. The Bertz CT molecular complexity index is 472. The molecule has 0 radical (unpaired) electrons. The molecule has 0 bridgehead atoms. The molecule has 6 nitrogen and oxygen atoms in total. The standard InChI is InChI=1S/C13H18N4O2/c14-6-8-2-1-3-10(8)17-13(19)11-5-4-9(7-16-11)12(15)18/h4-5,7-8,10H,1-3,6,14H2,(H2,15,18)(H,17,19). The largest absolute Gasteiger partial charge is 0.366 e. The fourth-order valence-electron chi connectivity index (χ4n) is 2.43. The number of pyridine rings is 1. The summed E-state index contributed by atoms with van der Waals surface area (Å²) in [5.41, 5.74) is 11.4. The van der Waals surface area contributed by atoms with Crippen LogP contribution < -0.4 is 16.8 Å². The Morgan fingerprint density at radius 3 is 2.74 bits per heavy atom. The van der Waals surface area contributed by atoms with Gasteiger partial charge in [-0.15, -0.1) is 0 Å². The summed E-state index contributed by atoms with van der Waals surface area (Å²) < 4.78 is 0. The lowest BCUT2D eigenvalue weighted by Gasteiger charge is -2.19. The fraction of sp³-hybridized carbons (Fsp3) is 0.462. The highest BCUT2D eigenvalue weighted by atomic mass is 16.2. The first-order valence-corrected chi connectivity index (χ1v) is 6.38. The number of nitrogens with two attached hydrogens (primary N) is 2. The summed E-state index contributed by atoms with van der Waals surface area (Å²) in [6.07, 6.45) is 4.40. The van der Waals surface area contributed by atoms with E-state index in [-0.39, 0.29) is 23.2 Å². The molecule has 102 valence electrons. The SMILES string of the molecule is NCC1CCCC1NC(=O)c1ccc(C(N)=O)cn1. The van der Waals surface area contributed by atoms with E-state index in [9.17, 15) is 9.59 Å². The number of aromatic nitrogens is 1. The van der Waals surface area contributed by atoms with Crippen LogP contribution in [0.2, 0.25) is 0 Å². The van der Waals surface area contributed by atoms with Crippen LogP contribution in [0.5, 0.6) is 0 Å². The van der Waals surface area contributed by atoms with Crippen LogP contribution in [0.1, 0.15) is 40.1 Å². The molecule has 1 heterocycles. The molecule has 1 aromatic heterocycles.